The maximum atomic E-state index is 12.3. The van der Waals surface area contributed by atoms with Crippen molar-refractivity contribution in [1.29, 1.82) is 0 Å². The molecule has 3 heterocycles. The van der Waals surface area contributed by atoms with Crippen molar-refractivity contribution in [3.63, 3.8) is 0 Å². The average molecular weight is 332 g/mol. The molecule has 1 aliphatic rings. The molecule has 3 rings (SSSR count). The summed E-state index contributed by atoms with van der Waals surface area (Å²) in [4.78, 5) is 23.3. The summed E-state index contributed by atoms with van der Waals surface area (Å²) in [6, 6.07) is 3.39. The van der Waals surface area contributed by atoms with Crippen LogP contribution in [0.4, 0.5) is 5.13 Å². The molecule has 0 saturated carbocycles. The van der Waals surface area contributed by atoms with Gasteiger partial charge in [-0.2, -0.15) is 0 Å². The molecule has 0 aliphatic carbocycles. The Morgan fingerprint density at radius 2 is 2.22 bits per heavy atom. The van der Waals surface area contributed by atoms with Crippen molar-refractivity contribution in [3.8, 4) is 5.88 Å². The van der Waals surface area contributed by atoms with Crippen LogP contribution in [0.1, 0.15) is 35.3 Å². The Morgan fingerprint density at radius 1 is 1.39 bits per heavy atom. The first-order valence-corrected chi connectivity index (χ1v) is 8.61. The van der Waals surface area contributed by atoms with Gasteiger partial charge in [-0.25, -0.2) is 9.97 Å². The number of nitrogens with zero attached hydrogens (tertiary/aromatic N) is 3. The Morgan fingerprint density at radius 3 is 3.00 bits per heavy atom. The highest BCUT2D eigenvalue weighted by Crippen LogP contribution is 2.21. The second kappa shape index (κ2) is 7.52. The first-order chi connectivity index (χ1) is 11.3. The molecule has 7 heteroatoms. The van der Waals surface area contributed by atoms with Crippen molar-refractivity contribution >= 4 is 22.4 Å². The topological polar surface area (TPSA) is 67.3 Å². The number of amides is 1. The van der Waals surface area contributed by atoms with Gasteiger partial charge in [0.2, 0.25) is 5.88 Å². The third kappa shape index (κ3) is 4.05. The molecule has 0 atom stereocenters. The fourth-order valence-corrected chi connectivity index (χ4v) is 3.37. The van der Waals surface area contributed by atoms with Crippen LogP contribution in [0.2, 0.25) is 0 Å². The molecule has 23 heavy (non-hydrogen) atoms. The third-order valence-electron chi connectivity index (χ3n) is 3.82. The Kier molecular flexibility index (Phi) is 5.19. The normalized spacial score (nSPS) is 15.3. The van der Waals surface area contributed by atoms with Crippen LogP contribution in [-0.2, 0) is 6.54 Å². The highest BCUT2D eigenvalue weighted by atomic mass is 32.1. The molecule has 2 aromatic heterocycles. The highest BCUT2D eigenvalue weighted by Gasteiger charge is 2.16. The number of likely N-dealkylation sites (tertiary alicyclic amines) is 1. The summed E-state index contributed by atoms with van der Waals surface area (Å²) in [5.41, 5.74) is 1.41. The number of rotatable bonds is 5. The molecule has 1 N–H and O–H groups in total. The second-order valence-corrected chi connectivity index (χ2v) is 6.35. The predicted octanol–water partition coefficient (Wildman–Crippen LogP) is 2.78. The van der Waals surface area contributed by atoms with Gasteiger partial charge in [-0.15, -0.1) is 11.3 Å². The zero-order valence-corrected chi connectivity index (χ0v) is 13.9. The molecule has 1 aliphatic heterocycles. The van der Waals surface area contributed by atoms with Crippen LogP contribution in [-0.4, -0.2) is 41.0 Å². The third-order valence-corrected chi connectivity index (χ3v) is 4.62. The van der Waals surface area contributed by atoms with E-state index in [4.69, 9.17) is 4.74 Å². The van der Waals surface area contributed by atoms with Crippen molar-refractivity contribution in [2.24, 2.45) is 0 Å². The molecule has 0 radical (unpaired) electrons. The average Bonchev–Trinajstić information content (AvgIpc) is 3.02. The molecular weight excluding hydrogens is 312 g/mol. The SMILES string of the molecule is COc1ncccc1C(=O)Nc1nc(CN2CCCCC2)cs1. The maximum absolute atomic E-state index is 12.3. The number of nitrogens with one attached hydrogen (secondary N) is 1. The summed E-state index contributed by atoms with van der Waals surface area (Å²) in [6.07, 6.45) is 5.43. The Bertz CT molecular complexity index is 668. The van der Waals surface area contributed by atoms with E-state index in [2.05, 4.69) is 20.2 Å². The molecule has 0 aromatic carbocycles. The van der Waals surface area contributed by atoms with Crippen LogP contribution < -0.4 is 10.1 Å². The lowest BCUT2D eigenvalue weighted by Crippen LogP contribution is -2.29. The number of carbonyl (C=O) groups is 1. The highest BCUT2D eigenvalue weighted by molar-refractivity contribution is 7.14. The van der Waals surface area contributed by atoms with Crippen LogP contribution in [0.3, 0.4) is 0 Å². The summed E-state index contributed by atoms with van der Waals surface area (Å²) in [6.45, 7) is 3.11. The maximum Gasteiger partial charge on any atom is 0.262 e. The van der Waals surface area contributed by atoms with E-state index >= 15 is 0 Å². The van der Waals surface area contributed by atoms with Crippen LogP contribution in [0.15, 0.2) is 23.7 Å². The lowest BCUT2D eigenvalue weighted by molar-refractivity contribution is 0.102. The van der Waals surface area contributed by atoms with E-state index in [-0.39, 0.29) is 5.91 Å². The number of ether oxygens (including phenoxy) is 1. The smallest absolute Gasteiger partial charge is 0.262 e. The summed E-state index contributed by atoms with van der Waals surface area (Å²) in [7, 11) is 1.50. The molecule has 122 valence electrons. The second-order valence-electron chi connectivity index (χ2n) is 5.50. The largest absolute Gasteiger partial charge is 0.480 e. The van der Waals surface area contributed by atoms with Crippen molar-refractivity contribution in [3.05, 3.63) is 35.0 Å². The minimum absolute atomic E-state index is 0.256. The van der Waals surface area contributed by atoms with Crippen molar-refractivity contribution < 1.29 is 9.53 Å². The van der Waals surface area contributed by atoms with Crippen LogP contribution in [0.5, 0.6) is 5.88 Å². The summed E-state index contributed by atoms with van der Waals surface area (Å²) < 4.78 is 5.11. The Hall–Kier alpha value is -1.99. The molecule has 1 fully saturated rings. The minimum Gasteiger partial charge on any atom is -0.480 e. The number of thiazole rings is 1. The van der Waals surface area contributed by atoms with E-state index in [9.17, 15) is 4.79 Å². The van der Waals surface area contributed by atoms with E-state index in [1.807, 2.05) is 5.38 Å². The summed E-state index contributed by atoms with van der Waals surface area (Å²) in [5, 5.41) is 5.43. The molecule has 0 unspecified atom stereocenters. The zero-order chi connectivity index (χ0) is 16.1. The quantitative estimate of drug-likeness (QED) is 0.912. The van der Waals surface area contributed by atoms with E-state index in [1.54, 1.807) is 18.3 Å². The number of methoxy groups -OCH3 is 1. The first kappa shape index (κ1) is 15.9. The number of carbonyl (C=O) groups excluding carboxylic acids is 1. The standard InChI is InChI=1S/C16H20N4O2S/c1-22-15-13(6-5-7-17-15)14(21)19-16-18-12(11-23-16)10-20-8-3-2-4-9-20/h5-7,11H,2-4,8-10H2,1H3,(H,18,19,21). The predicted molar refractivity (Wildman–Crippen MR) is 90.0 cm³/mol. The van der Waals surface area contributed by atoms with Gasteiger partial charge in [0.1, 0.15) is 5.56 Å². The molecule has 1 amide bonds. The number of hydrogen-bond donors (Lipinski definition) is 1. The van der Waals surface area contributed by atoms with Gasteiger partial charge in [0.05, 0.1) is 12.8 Å². The lowest BCUT2D eigenvalue weighted by atomic mass is 10.1. The van der Waals surface area contributed by atoms with Gasteiger partial charge in [0.25, 0.3) is 5.91 Å². The van der Waals surface area contributed by atoms with Crippen LogP contribution in [0.25, 0.3) is 0 Å². The molecule has 6 nitrogen and oxygen atoms in total. The van der Waals surface area contributed by atoms with Gasteiger partial charge >= 0.3 is 0 Å². The Labute approximate surface area is 139 Å². The molecule has 1 saturated heterocycles. The van der Waals surface area contributed by atoms with Gasteiger partial charge in [-0.05, 0) is 38.1 Å². The fraction of sp³-hybridized carbons (Fsp3) is 0.438. The summed E-state index contributed by atoms with van der Waals surface area (Å²) in [5.74, 6) is 0.0592. The van der Waals surface area contributed by atoms with Gasteiger partial charge in [0, 0.05) is 18.1 Å². The number of aromatic nitrogens is 2. The molecule has 0 bridgehead atoms. The van der Waals surface area contributed by atoms with Crippen molar-refractivity contribution in [2.45, 2.75) is 25.8 Å². The first-order valence-electron chi connectivity index (χ1n) is 7.73. The monoisotopic (exact) mass is 332 g/mol. The number of pyridine rings is 1. The lowest BCUT2D eigenvalue weighted by Gasteiger charge is -2.25. The minimum atomic E-state index is -0.256. The number of piperidine rings is 1. The number of anilines is 1. The van der Waals surface area contributed by atoms with Crippen LogP contribution >= 0.6 is 11.3 Å². The van der Waals surface area contributed by atoms with Gasteiger partial charge in [0.15, 0.2) is 5.13 Å². The molecule has 0 spiro atoms. The van der Waals surface area contributed by atoms with E-state index in [0.717, 1.165) is 25.3 Å². The van der Waals surface area contributed by atoms with Gasteiger partial charge < -0.3 is 4.74 Å². The van der Waals surface area contributed by atoms with Crippen LogP contribution in [0, 0.1) is 0 Å². The zero-order valence-electron chi connectivity index (χ0n) is 13.1. The summed E-state index contributed by atoms with van der Waals surface area (Å²) >= 11 is 1.44. The van der Waals surface area contributed by atoms with Gasteiger partial charge in [-0.1, -0.05) is 6.42 Å². The van der Waals surface area contributed by atoms with Crippen molar-refractivity contribution in [1.82, 2.24) is 14.9 Å². The number of hydrogen-bond acceptors (Lipinski definition) is 6. The fourth-order valence-electron chi connectivity index (χ4n) is 2.67. The van der Waals surface area contributed by atoms with E-state index < -0.39 is 0 Å². The molecular formula is C16H20N4O2S. The Balaban J connectivity index is 1.63. The van der Waals surface area contributed by atoms with E-state index in [0.29, 0.717) is 16.6 Å². The van der Waals surface area contributed by atoms with Gasteiger partial charge in [-0.3, -0.25) is 15.0 Å². The van der Waals surface area contributed by atoms with E-state index in [1.165, 1.54) is 37.7 Å². The molecule has 2 aromatic rings. The van der Waals surface area contributed by atoms with Crippen molar-refractivity contribution in [2.75, 3.05) is 25.5 Å².